The van der Waals surface area contributed by atoms with Crippen LogP contribution in [-0.4, -0.2) is 73.0 Å². The molecule has 0 saturated heterocycles. The lowest BCUT2D eigenvalue weighted by molar-refractivity contribution is -0.137. The van der Waals surface area contributed by atoms with E-state index in [4.69, 9.17) is 21.9 Å². The molecule has 15 heteroatoms. The zero-order valence-corrected chi connectivity index (χ0v) is 24.8. The number of nitrogens with one attached hydrogen (secondary N) is 2. The number of halogens is 3. The number of fused-ring (bicyclic) bond motifs is 1. The average Bonchev–Trinajstić information content (AvgIpc) is 3.20. The fourth-order valence-corrected chi connectivity index (χ4v) is 4.99. The lowest BCUT2D eigenvalue weighted by Gasteiger charge is -2.23. The van der Waals surface area contributed by atoms with Crippen molar-refractivity contribution in [3.8, 4) is 0 Å². The van der Waals surface area contributed by atoms with Gasteiger partial charge in [0.05, 0.1) is 17.2 Å². The third kappa shape index (κ3) is 9.25. The molecular weight excluding hydrogens is 580 g/mol. The summed E-state index contributed by atoms with van der Waals surface area (Å²) in [5, 5.41) is 15.6. The number of rotatable bonds is 14. The van der Waals surface area contributed by atoms with Gasteiger partial charge in [-0.15, -0.1) is 0 Å². The Kier molecular flexibility index (Phi) is 11.9. The van der Waals surface area contributed by atoms with Gasteiger partial charge in [0, 0.05) is 45.6 Å². The van der Waals surface area contributed by atoms with Gasteiger partial charge in [-0.1, -0.05) is 30.3 Å². The topological polar surface area (TPSA) is 186 Å². The quantitative estimate of drug-likeness (QED) is 0.158. The molecule has 0 aromatic heterocycles. The highest BCUT2D eigenvalue weighted by Gasteiger charge is 2.40. The third-order valence-corrected chi connectivity index (χ3v) is 7.41. The molecule has 2 atom stereocenters. The zero-order valence-electron chi connectivity index (χ0n) is 24.8. The Balaban J connectivity index is 1.71. The Bertz CT molecular complexity index is 1310. The van der Waals surface area contributed by atoms with E-state index in [0.29, 0.717) is 29.7 Å². The second kappa shape index (κ2) is 15.0. The minimum atomic E-state index is -4.53. The predicted octanol–water partition coefficient (Wildman–Crippen LogP) is -0.145. The van der Waals surface area contributed by atoms with Crippen molar-refractivity contribution in [2.75, 3.05) is 26.2 Å². The Labute approximate surface area is 254 Å². The van der Waals surface area contributed by atoms with Gasteiger partial charge in [0.2, 0.25) is 17.7 Å². The maximum absolute atomic E-state index is 13.3. The smallest absolute Gasteiger partial charge is 0.423 e. The molecule has 2 unspecified atom stereocenters. The van der Waals surface area contributed by atoms with Crippen molar-refractivity contribution in [3.05, 3.63) is 64.7 Å². The van der Waals surface area contributed by atoms with Gasteiger partial charge in [-0.3, -0.25) is 14.4 Å². The maximum atomic E-state index is 13.3. The van der Waals surface area contributed by atoms with E-state index in [-0.39, 0.29) is 44.8 Å². The summed E-state index contributed by atoms with van der Waals surface area (Å²) in [5.41, 5.74) is 18.0. The van der Waals surface area contributed by atoms with Gasteiger partial charge in [-0.05, 0) is 54.6 Å². The summed E-state index contributed by atoms with van der Waals surface area (Å²) in [7, 11) is -1.12. The van der Waals surface area contributed by atoms with Gasteiger partial charge in [0.25, 0.3) is 0 Å². The standard InChI is InChI=1S/C29H40BF3N6O5/c1-28(2)21-8-5-19(15-22(21)30(43)44-28)17-37-27(42)24(16-18-3-6-20(7-4-18)29(31,32)33)38-26(41)23(36)9-10-25(40)39(13-11-34)14-12-35/h3-8,15,23-24,43H,9-14,16-17,34-36H2,1-2H3,(H,37,42)(H,38,41). The summed E-state index contributed by atoms with van der Waals surface area (Å²) in [6.45, 7) is 4.80. The van der Waals surface area contributed by atoms with E-state index in [9.17, 15) is 32.6 Å². The van der Waals surface area contributed by atoms with Crippen molar-refractivity contribution in [2.24, 2.45) is 17.2 Å². The molecule has 0 fully saturated rings. The summed E-state index contributed by atoms with van der Waals surface area (Å²) in [6.07, 6.45) is -4.70. The molecule has 0 bridgehead atoms. The van der Waals surface area contributed by atoms with Gasteiger partial charge < -0.3 is 42.4 Å². The molecule has 44 heavy (non-hydrogen) atoms. The Morgan fingerprint density at radius 3 is 2.23 bits per heavy atom. The number of alkyl halides is 3. The van der Waals surface area contributed by atoms with Crippen LogP contribution in [0, 0.1) is 0 Å². The van der Waals surface area contributed by atoms with Crippen molar-refractivity contribution in [2.45, 2.75) is 63.5 Å². The van der Waals surface area contributed by atoms with Crippen LogP contribution in [-0.2, 0) is 43.8 Å². The van der Waals surface area contributed by atoms with E-state index in [1.807, 2.05) is 13.8 Å². The normalized spacial score (nSPS) is 15.3. The van der Waals surface area contributed by atoms with Gasteiger partial charge in [-0.25, -0.2) is 0 Å². The Hall–Kier alpha value is -3.50. The van der Waals surface area contributed by atoms with Crippen molar-refractivity contribution in [1.82, 2.24) is 15.5 Å². The Morgan fingerprint density at radius 1 is 1.02 bits per heavy atom. The lowest BCUT2D eigenvalue weighted by Crippen LogP contribution is -2.52. The highest BCUT2D eigenvalue weighted by atomic mass is 19.4. The summed E-state index contributed by atoms with van der Waals surface area (Å²) in [4.78, 5) is 40.3. The summed E-state index contributed by atoms with van der Waals surface area (Å²) < 4.78 is 44.7. The molecule has 3 rings (SSSR count). The Morgan fingerprint density at radius 2 is 1.64 bits per heavy atom. The van der Waals surface area contributed by atoms with Crippen molar-refractivity contribution in [3.63, 3.8) is 0 Å². The van der Waals surface area contributed by atoms with Crippen LogP contribution in [0.1, 0.15) is 48.9 Å². The summed E-state index contributed by atoms with van der Waals surface area (Å²) in [6, 6.07) is 7.24. The largest absolute Gasteiger partial charge is 0.492 e. The number of nitrogens with zero attached hydrogens (tertiary/aromatic N) is 1. The number of nitrogens with two attached hydrogens (primary N) is 3. The molecule has 0 saturated carbocycles. The van der Waals surface area contributed by atoms with Crippen LogP contribution in [0.3, 0.4) is 0 Å². The SMILES string of the molecule is CC1(C)OB(O)c2cc(CNC(=O)C(Cc3ccc(C(F)(F)F)cc3)NC(=O)C(N)CCC(=O)N(CCN)CCN)ccc21. The van der Waals surface area contributed by atoms with E-state index in [2.05, 4.69) is 10.6 Å². The molecule has 11 nitrogen and oxygen atoms in total. The van der Waals surface area contributed by atoms with Crippen molar-refractivity contribution < 1.29 is 37.2 Å². The van der Waals surface area contributed by atoms with Gasteiger partial charge >= 0.3 is 13.3 Å². The molecule has 0 radical (unpaired) electrons. The molecule has 0 aliphatic carbocycles. The second-order valence-electron chi connectivity index (χ2n) is 11.2. The number of amides is 3. The first-order valence-electron chi connectivity index (χ1n) is 14.3. The third-order valence-electron chi connectivity index (χ3n) is 7.41. The van der Waals surface area contributed by atoms with E-state index in [1.165, 1.54) is 17.0 Å². The molecule has 2 aromatic carbocycles. The lowest BCUT2D eigenvalue weighted by atomic mass is 9.77. The van der Waals surface area contributed by atoms with Crippen LogP contribution in [0.15, 0.2) is 42.5 Å². The molecule has 0 spiro atoms. The number of benzene rings is 2. The second-order valence-corrected chi connectivity index (χ2v) is 11.2. The summed E-state index contributed by atoms with van der Waals surface area (Å²) in [5.74, 6) is -1.57. The highest BCUT2D eigenvalue weighted by Crippen LogP contribution is 2.30. The monoisotopic (exact) mass is 620 g/mol. The van der Waals surface area contributed by atoms with Crippen molar-refractivity contribution >= 4 is 30.3 Å². The zero-order chi connectivity index (χ0) is 32.7. The fraction of sp³-hybridized carbons (Fsp3) is 0.483. The van der Waals surface area contributed by atoms with Gasteiger partial charge in [0.15, 0.2) is 0 Å². The van der Waals surface area contributed by atoms with Crippen LogP contribution in [0.5, 0.6) is 0 Å². The van der Waals surface area contributed by atoms with Gasteiger partial charge in [-0.2, -0.15) is 13.2 Å². The molecule has 9 N–H and O–H groups in total. The van der Waals surface area contributed by atoms with Gasteiger partial charge in [0.1, 0.15) is 6.04 Å². The minimum absolute atomic E-state index is 0.0131. The van der Waals surface area contributed by atoms with E-state index in [1.54, 1.807) is 18.2 Å². The van der Waals surface area contributed by atoms with Crippen LogP contribution < -0.4 is 33.3 Å². The molecule has 2 aromatic rings. The minimum Gasteiger partial charge on any atom is -0.423 e. The number of hydrogen-bond acceptors (Lipinski definition) is 8. The molecule has 1 aliphatic rings. The first kappa shape index (κ1) is 35.0. The highest BCUT2D eigenvalue weighted by molar-refractivity contribution is 6.62. The van der Waals surface area contributed by atoms with Crippen LogP contribution in [0.25, 0.3) is 0 Å². The number of carbonyl (C=O) groups excluding carboxylic acids is 3. The van der Waals surface area contributed by atoms with E-state index < -0.39 is 48.4 Å². The molecule has 3 amide bonds. The van der Waals surface area contributed by atoms with Crippen LogP contribution in [0.4, 0.5) is 13.2 Å². The number of hydrogen-bond donors (Lipinski definition) is 6. The average molecular weight is 620 g/mol. The molecule has 1 aliphatic heterocycles. The fourth-order valence-electron chi connectivity index (χ4n) is 4.99. The first-order valence-corrected chi connectivity index (χ1v) is 14.3. The first-order chi connectivity index (χ1) is 20.7. The van der Waals surface area contributed by atoms with Crippen LogP contribution in [0.2, 0.25) is 0 Å². The van der Waals surface area contributed by atoms with Crippen molar-refractivity contribution in [1.29, 1.82) is 0 Å². The molecular formula is C29H40BF3N6O5. The van der Waals surface area contributed by atoms with Crippen LogP contribution >= 0.6 is 0 Å². The van der Waals surface area contributed by atoms with E-state index in [0.717, 1.165) is 17.7 Å². The molecule has 1 heterocycles. The molecule has 240 valence electrons. The predicted molar refractivity (Wildman–Crippen MR) is 159 cm³/mol. The maximum Gasteiger partial charge on any atom is 0.492 e. The van der Waals surface area contributed by atoms with E-state index >= 15 is 0 Å². The summed E-state index contributed by atoms with van der Waals surface area (Å²) >= 11 is 0. The number of carbonyl (C=O) groups is 3.